The molecule has 1 heterocycles. The Bertz CT molecular complexity index is 1070. The highest BCUT2D eigenvalue weighted by Crippen LogP contribution is 2.31. The average molecular weight is 444 g/mol. The van der Waals surface area contributed by atoms with Gasteiger partial charge in [-0.1, -0.05) is 55.7 Å². The molecule has 1 fully saturated rings. The fourth-order valence-corrected chi connectivity index (χ4v) is 4.34. The smallest absolute Gasteiger partial charge is 0.277 e. The van der Waals surface area contributed by atoms with Gasteiger partial charge in [-0.3, -0.25) is 19.5 Å². The molecule has 6 heteroatoms. The topological polar surface area (TPSA) is 71.5 Å². The molecule has 2 aromatic carbocycles. The van der Waals surface area contributed by atoms with E-state index in [1.807, 2.05) is 54.6 Å². The van der Waals surface area contributed by atoms with Crippen LogP contribution in [0.5, 0.6) is 5.75 Å². The van der Waals surface area contributed by atoms with E-state index in [4.69, 9.17) is 4.74 Å². The van der Waals surface area contributed by atoms with Crippen LogP contribution in [0.1, 0.15) is 54.2 Å². The second-order valence-corrected chi connectivity index (χ2v) is 8.25. The summed E-state index contributed by atoms with van der Waals surface area (Å²) in [5.41, 5.74) is 1.58. The Morgan fingerprint density at radius 2 is 1.73 bits per heavy atom. The summed E-state index contributed by atoms with van der Waals surface area (Å²) in [7, 11) is 1.59. The predicted octanol–water partition coefficient (Wildman–Crippen LogP) is 4.93. The lowest BCUT2D eigenvalue weighted by molar-refractivity contribution is -0.123. The number of ether oxygens (including phenoxy) is 1. The number of amides is 2. The van der Waals surface area contributed by atoms with Crippen molar-refractivity contribution in [3.05, 3.63) is 90.3 Å². The summed E-state index contributed by atoms with van der Waals surface area (Å²) in [4.78, 5) is 33.4. The van der Waals surface area contributed by atoms with Gasteiger partial charge in [0.25, 0.3) is 5.91 Å². The first kappa shape index (κ1) is 22.5. The molecule has 3 aromatic rings. The molecule has 170 valence electrons. The highest BCUT2D eigenvalue weighted by molar-refractivity contribution is 6.09. The zero-order valence-corrected chi connectivity index (χ0v) is 18.8. The summed E-state index contributed by atoms with van der Waals surface area (Å²) >= 11 is 0. The van der Waals surface area contributed by atoms with Crippen LogP contribution >= 0.6 is 0 Å². The molecule has 1 atom stereocenters. The van der Waals surface area contributed by atoms with E-state index in [1.165, 1.54) is 11.3 Å². The molecule has 0 spiro atoms. The Labute approximate surface area is 194 Å². The summed E-state index contributed by atoms with van der Waals surface area (Å²) in [6, 6.07) is 21.0. The third kappa shape index (κ3) is 5.40. The molecule has 2 amide bonds. The number of hydrogen-bond donors (Lipinski definition) is 1. The molecule has 0 unspecified atom stereocenters. The van der Waals surface area contributed by atoms with Gasteiger partial charge >= 0.3 is 0 Å². The third-order valence-electron chi connectivity index (χ3n) is 6.00. The van der Waals surface area contributed by atoms with E-state index in [9.17, 15) is 9.59 Å². The molecular weight excluding hydrogens is 414 g/mol. The molecular formula is C27H29N3O3. The highest BCUT2D eigenvalue weighted by atomic mass is 16.5. The number of pyridine rings is 1. The van der Waals surface area contributed by atoms with Crippen LogP contribution in [0.25, 0.3) is 0 Å². The SMILES string of the molecule is COc1cccc([C@@H](C(=O)NC2CCCCC2)N(C(=O)c2ccccn2)c2ccccc2)c1. The number of hydrogen-bond acceptors (Lipinski definition) is 4. The van der Waals surface area contributed by atoms with Crippen LogP contribution < -0.4 is 15.0 Å². The van der Waals surface area contributed by atoms with Crippen molar-refractivity contribution in [2.45, 2.75) is 44.2 Å². The molecule has 1 aromatic heterocycles. The van der Waals surface area contributed by atoms with Crippen LogP contribution in [-0.2, 0) is 4.79 Å². The number of rotatable bonds is 7. The fourth-order valence-electron chi connectivity index (χ4n) is 4.34. The summed E-state index contributed by atoms with van der Waals surface area (Å²) in [5.74, 6) is 0.0814. The summed E-state index contributed by atoms with van der Waals surface area (Å²) in [5, 5.41) is 3.22. The van der Waals surface area contributed by atoms with E-state index in [1.54, 1.807) is 31.5 Å². The Hall–Kier alpha value is -3.67. The van der Waals surface area contributed by atoms with Crippen molar-refractivity contribution in [2.75, 3.05) is 12.0 Å². The number of carbonyl (C=O) groups is 2. The molecule has 0 aliphatic heterocycles. The van der Waals surface area contributed by atoms with Crippen molar-refractivity contribution < 1.29 is 14.3 Å². The predicted molar refractivity (Wildman–Crippen MR) is 128 cm³/mol. The molecule has 1 N–H and O–H groups in total. The van der Waals surface area contributed by atoms with Crippen LogP contribution in [-0.4, -0.2) is 29.9 Å². The number of nitrogens with one attached hydrogen (secondary N) is 1. The maximum Gasteiger partial charge on any atom is 0.277 e. The van der Waals surface area contributed by atoms with E-state index in [0.29, 0.717) is 17.0 Å². The fraction of sp³-hybridized carbons (Fsp3) is 0.296. The normalized spacial score (nSPS) is 14.8. The van der Waals surface area contributed by atoms with Crippen LogP contribution in [0, 0.1) is 0 Å². The largest absolute Gasteiger partial charge is 0.497 e. The van der Waals surface area contributed by atoms with Gasteiger partial charge in [-0.2, -0.15) is 0 Å². The Kier molecular flexibility index (Phi) is 7.35. The van der Waals surface area contributed by atoms with Crippen LogP contribution in [0.3, 0.4) is 0 Å². The van der Waals surface area contributed by atoms with Gasteiger partial charge in [0.05, 0.1) is 7.11 Å². The number of methoxy groups -OCH3 is 1. The molecule has 0 radical (unpaired) electrons. The summed E-state index contributed by atoms with van der Waals surface area (Å²) in [6.07, 6.45) is 6.89. The number of carbonyl (C=O) groups excluding carboxylic acids is 2. The average Bonchev–Trinajstić information content (AvgIpc) is 2.88. The molecule has 4 rings (SSSR count). The third-order valence-corrected chi connectivity index (χ3v) is 6.00. The number of anilines is 1. The molecule has 1 aliphatic carbocycles. The van der Waals surface area contributed by atoms with Crippen molar-refractivity contribution in [1.29, 1.82) is 0 Å². The van der Waals surface area contributed by atoms with E-state index in [2.05, 4.69) is 10.3 Å². The van der Waals surface area contributed by atoms with Crippen molar-refractivity contribution in [3.63, 3.8) is 0 Å². The van der Waals surface area contributed by atoms with Gasteiger partial charge in [-0.05, 0) is 54.8 Å². The Morgan fingerprint density at radius 1 is 0.970 bits per heavy atom. The zero-order valence-electron chi connectivity index (χ0n) is 18.8. The number of aromatic nitrogens is 1. The lowest BCUT2D eigenvalue weighted by Crippen LogP contribution is -2.47. The standard InChI is InChI=1S/C27H29N3O3/c1-33-23-16-10-11-20(19-23)25(26(31)29-21-12-4-2-5-13-21)30(22-14-6-3-7-15-22)27(32)24-17-8-9-18-28-24/h3,6-11,14-19,21,25H,2,4-5,12-13H2,1H3,(H,29,31)/t25-/m0/s1. The molecule has 33 heavy (non-hydrogen) atoms. The summed E-state index contributed by atoms with van der Waals surface area (Å²) in [6.45, 7) is 0. The van der Waals surface area contributed by atoms with Gasteiger partial charge in [0.2, 0.25) is 5.91 Å². The number of nitrogens with zero attached hydrogens (tertiary/aromatic N) is 2. The number of benzene rings is 2. The second kappa shape index (κ2) is 10.8. The summed E-state index contributed by atoms with van der Waals surface area (Å²) < 4.78 is 5.42. The van der Waals surface area contributed by atoms with Crippen molar-refractivity contribution >= 4 is 17.5 Å². The van der Waals surface area contributed by atoms with Crippen molar-refractivity contribution in [1.82, 2.24) is 10.3 Å². The Balaban J connectivity index is 1.79. The monoisotopic (exact) mass is 443 g/mol. The first-order chi connectivity index (χ1) is 16.2. The van der Waals surface area contributed by atoms with Gasteiger partial charge in [0.15, 0.2) is 0 Å². The first-order valence-corrected chi connectivity index (χ1v) is 11.4. The van der Waals surface area contributed by atoms with Crippen molar-refractivity contribution in [3.8, 4) is 5.75 Å². The van der Waals surface area contributed by atoms with E-state index in [-0.39, 0.29) is 23.6 Å². The zero-order chi connectivity index (χ0) is 23.0. The molecule has 0 saturated heterocycles. The molecule has 1 saturated carbocycles. The Morgan fingerprint density at radius 3 is 2.42 bits per heavy atom. The second-order valence-electron chi connectivity index (χ2n) is 8.25. The van der Waals surface area contributed by atoms with Gasteiger partial charge in [-0.15, -0.1) is 0 Å². The number of para-hydroxylation sites is 1. The highest BCUT2D eigenvalue weighted by Gasteiger charge is 2.35. The van der Waals surface area contributed by atoms with E-state index < -0.39 is 6.04 Å². The van der Waals surface area contributed by atoms with Crippen LogP contribution in [0.15, 0.2) is 79.0 Å². The minimum atomic E-state index is -0.876. The molecule has 0 bridgehead atoms. The molecule has 6 nitrogen and oxygen atoms in total. The lowest BCUT2D eigenvalue weighted by Gasteiger charge is -2.33. The van der Waals surface area contributed by atoms with Gasteiger partial charge in [0, 0.05) is 17.9 Å². The van der Waals surface area contributed by atoms with Crippen LogP contribution in [0.4, 0.5) is 5.69 Å². The molecule has 1 aliphatic rings. The van der Waals surface area contributed by atoms with Gasteiger partial charge in [-0.25, -0.2) is 0 Å². The maximum absolute atomic E-state index is 13.8. The first-order valence-electron chi connectivity index (χ1n) is 11.4. The maximum atomic E-state index is 13.8. The van der Waals surface area contributed by atoms with E-state index >= 15 is 0 Å². The lowest BCUT2D eigenvalue weighted by atomic mass is 9.94. The van der Waals surface area contributed by atoms with Gasteiger partial charge in [0.1, 0.15) is 17.5 Å². The van der Waals surface area contributed by atoms with E-state index in [0.717, 1.165) is 25.7 Å². The van der Waals surface area contributed by atoms with Gasteiger partial charge < -0.3 is 10.1 Å². The quantitative estimate of drug-likeness (QED) is 0.562. The minimum absolute atomic E-state index is 0.113. The minimum Gasteiger partial charge on any atom is -0.497 e. The van der Waals surface area contributed by atoms with Crippen molar-refractivity contribution in [2.24, 2.45) is 0 Å². The van der Waals surface area contributed by atoms with Crippen LogP contribution in [0.2, 0.25) is 0 Å².